The summed E-state index contributed by atoms with van der Waals surface area (Å²) in [7, 11) is 0. The third kappa shape index (κ3) is 2.97. The van der Waals surface area contributed by atoms with Crippen molar-refractivity contribution in [1.29, 1.82) is 0 Å². The summed E-state index contributed by atoms with van der Waals surface area (Å²) in [5, 5.41) is 5.09. The van der Waals surface area contributed by atoms with Crippen molar-refractivity contribution in [3.8, 4) is 0 Å². The van der Waals surface area contributed by atoms with Crippen LogP contribution in [0.1, 0.15) is 16.1 Å². The highest BCUT2D eigenvalue weighted by atomic mass is 35.5. The van der Waals surface area contributed by atoms with Crippen LogP contribution in [0.15, 0.2) is 23.8 Å². The summed E-state index contributed by atoms with van der Waals surface area (Å²) < 4.78 is 16.0. The Morgan fingerprint density at radius 2 is 2.17 bits per heavy atom. The number of amides is 1. The van der Waals surface area contributed by atoms with E-state index in [2.05, 4.69) is 20.3 Å². The average molecular weight is 463 g/mol. The van der Waals surface area contributed by atoms with Gasteiger partial charge in [0.2, 0.25) is 5.28 Å². The van der Waals surface area contributed by atoms with E-state index in [0.717, 1.165) is 41.0 Å². The van der Waals surface area contributed by atoms with E-state index in [0.29, 0.717) is 29.2 Å². The van der Waals surface area contributed by atoms with Gasteiger partial charge in [-0.25, -0.2) is 14.4 Å². The number of thiazole rings is 1. The Bertz CT molecular complexity index is 1270. The largest absolute Gasteiger partial charge is 0.353 e. The molecule has 4 aromatic heterocycles. The normalized spacial score (nSPS) is 22.7. The maximum atomic E-state index is 14.0. The summed E-state index contributed by atoms with van der Waals surface area (Å²) in [5.41, 5.74) is 0.982. The van der Waals surface area contributed by atoms with Crippen LogP contribution < -0.4 is 10.2 Å². The molecule has 0 spiro atoms. The van der Waals surface area contributed by atoms with Gasteiger partial charge in [-0.2, -0.15) is 4.98 Å². The van der Waals surface area contributed by atoms with Crippen molar-refractivity contribution in [2.24, 2.45) is 17.8 Å². The second-order valence-corrected chi connectivity index (χ2v) is 9.96. The minimum Gasteiger partial charge on any atom is -0.353 e. The van der Waals surface area contributed by atoms with E-state index >= 15 is 0 Å². The van der Waals surface area contributed by atoms with Gasteiger partial charge in [-0.15, -0.1) is 22.7 Å². The maximum Gasteiger partial charge on any atom is 0.261 e. The van der Waals surface area contributed by atoms with Crippen molar-refractivity contribution >= 4 is 61.3 Å². The molecule has 1 N–H and O–H groups in total. The number of carbonyl (C=O) groups excluding carboxylic acids is 1. The van der Waals surface area contributed by atoms with Crippen molar-refractivity contribution in [3.63, 3.8) is 0 Å². The predicted octanol–water partition coefficient (Wildman–Crippen LogP) is 3.70. The number of hydrogen-bond acceptors (Lipinski definition) is 7. The summed E-state index contributed by atoms with van der Waals surface area (Å²) in [6.45, 7) is 2.18. The van der Waals surface area contributed by atoms with E-state index in [4.69, 9.17) is 11.6 Å². The standard InChI is InChI=1S/C19H16ClFN6OS2/c20-18-23-6-12(21)15(24-18)26-7-10-9(11(10)8-26)1-2-22-16(28)14-5-13-17(30-14)25-19-27(13)3-4-29-19/h3-6,9-11H,1-2,7-8H2,(H,22,28)/t9-,10-,11+. The molecule has 0 bridgehead atoms. The monoisotopic (exact) mass is 462 g/mol. The van der Waals surface area contributed by atoms with E-state index in [1.807, 2.05) is 26.9 Å². The Hall–Kier alpha value is -2.30. The van der Waals surface area contributed by atoms with Gasteiger partial charge in [-0.1, -0.05) is 0 Å². The third-order valence-electron chi connectivity index (χ3n) is 6.09. The van der Waals surface area contributed by atoms with Crippen LogP contribution in [0, 0.1) is 23.6 Å². The number of piperidine rings is 1. The van der Waals surface area contributed by atoms with Crippen LogP contribution in [0.2, 0.25) is 5.28 Å². The molecule has 0 radical (unpaired) electrons. The Kier molecular flexibility index (Phi) is 4.22. The molecule has 5 heterocycles. The summed E-state index contributed by atoms with van der Waals surface area (Å²) in [6.07, 6.45) is 4.02. The van der Waals surface area contributed by atoms with Gasteiger partial charge >= 0.3 is 0 Å². The summed E-state index contributed by atoms with van der Waals surface area (Å²) >= 11 is 8.81. The van der Waals surface area contributed by atoms with Crippen molar-refractivity contribution in [2.75, 3.05) is 24.5 Å². The second-order valence-electron chi connectivity index (χ2n) is 7.72. The minimum atomic E-state index is -0.438. The number of hydrogen-bond donors (Lipinski definition) is 1. The Labute approximate surface area is 183 Å². The summed E-state index contributed by atoms with van der Waals surface area (Å²) in [5.74, 6) is 1.41. The number of fused-ring (bicyclic) bond motifs is 4. The molecule has 6 rings (SSSR count). The van der Waals surface area contributed by atoms with Gasteiger partial charge in [-0.05, 0) is 41.8 Å². The van der Waals surface area contributed by atoms with Crippen molar-refractivity contribution in [1.82, 2.24) is 24.7 Å². The molecule has 11 heteroatoms. The number of halogens is 2. The number of aromatic nitrogens is 4. The lowest BCUT2D eigenvalue weighted by molar-refractivity contribution is 0.0956. The van der Waals surface area contributed by atoms with E-state index in [9.17, 15) is 9.18 Å². The zero-order chi connectivity index (χ0) is 20.4. The molecule has 1 aliphatic carbocycles. The fourth-order valence-electron chi connectivity index (χ4n) is 4.61. The molecule has 1 aliphatic heterocycles. The fourth-order valence-corrected chi connectivity index (χ4v) is 6.45. The van der Waals surface area contributed by atoms with Crippen LogP contribution in [0.4, 0.5) is 10.2 Å². The van der Waals surface area contributed by atoms with Crippen LogP contribution in [0.3, 0.4) is 0 Å². The van der Waals surface area contributed by atoms with E-state index in [1.165, 1.54) is 11.3 Å². The number of thiophene rings is 1. The zero-order valence-electron chi connectivity index (χ0n) is 15.6. The molecule has 1 saturated carbocycles. The third-order valence-corrected chi connectivity index (χ3v) is 8.05. The first-order valence-corrected chi connectivity index (χ1v) is 11.7. The number of anilines is 1. The summed E-state index contributed by atoms with van der Waals surface area (Å²) in [4.78, 5) is 29.2. The van der Waals surface area contributed by atoms with Crippen molar-refractivity contribution in [2.45, 2.75) is 6.42 Å². The SMILES string of the molecule is O=C(NCC[C@@H]1[C@H]2CN(c3nc(Cl)ncc3F)C[C@@H]12)c1cc2c(nc3sccn32)s1. The van der Waals surface area contributed by atoms with Crippen LogP contribution >= 0.6 is 34.3 Å². The second kappa shape index (κ2) is 6.86. The molecule has 7 nitrogen and oxygen atoms in total. The first-order chi connectivity index (χ1) is 14.6. The van der Waals surface area contributed by atoms with Gasteiger partial charge in [-0.3, -0.25) is 9.20 Å². The number of imidazole rings is 1. The highest BCUT2D eigenvalue weighted by Gasteiger charge is 2.55. The lowest BCUT2D eigenvalue weighted by atomic mass is 10.2. The highest BCUT2D eigenvalue weighted by Crippen LogP contribution is 2.54. The molecular weight excluding hydrogens is 447 g/mol. The van der Waals surface area contributed by atoms with Crippen molar-refractivity contribution < 1.29 is 9.18 Å². The smallest absolute Gasteiger partial charge is 0.261 e. The molecule has 4 aromatic rings. The average Bonchev–Trinajstić information content (AvgIpc) is 3.25. The molecule has 0 aromatic carbocycles. The van der Waals surface area contributed by atoms with Gasteiger partial charge in [0.25, 0.3) is 5.91 Å². The predicted molar refractivity (Wildman–Crippen MR) is 115 cm³/mol. The van der Waals surface area contributed by atoms with Crippen LogP contribution in [-0.4, -0.2) is 44.9 Å². The van der Waals surface area contributed by atoms with E-state index < -0.39 is 5.82 Å². The number of nitrogens with one attached hydrogen (secondary N) is 1. The lowest BCUT2D eigenvalue weighted by Gasteiger charge is -2.21. The Morgan fingerprint density at radius 1 is 1.33 bits per heavy atom. The summed E-state index contributed by atoms with van der Waals surface area (Å²) in [6, 6.07) is 1.91. The quantitative estimate of drug-likeness (QED) is 0.458. The highest BCUT2D eigenvalue weighted by molar-refractivity contribution is 7.21. The van der Waals surface area contributed by atoms with Gasteiger partial charge in [0, 0.05) is 31.2 Å². The number of nitrogens with zero attached hydrogens (tertiary/aromatic N) is 5. The molecule has 3 atom stereocenters. The van der Waals surface area contributed by atoms with Crippen molar-refractivity contribution in [3.05, 3.63) is 39.8 Å². The van der Waals surface area contributed by atoms with Gasteiger partial charge in [0.15, 0.2) is 16.6 Å². The molecule has 0 unspecified atom stereocenters. The molecule has 2 fully saturated rings. The van der Waals surface area contributed by atoms with Crippen LogP contribution in [0.25, 0.3) is 15.3 Å². The lowest BCUT2D eigenvalue weighted by Crippen LogP contribution is -2.28. The fraction of sp³-hybridized carbons (Fsp3) is 0.368. The maximum absolute atomic E-state index is 14.0. The van der Waals surface area contributed by atoms with Gasteiger partial charge < -0.3 is 10.2 Å². The zero-order valence-corrected chi connectivity index (χ0v) is 18.0. The minimum absolute atomic E-state index is 0.0490. The van der Waals surface area contributed by atoms with Crippen LogP contribution in [0.5, 0.6) is 0 Å². The number of rotatable bonds is 5. The first-order valence-electron chi connectivity index (χ1n) is 9.65. The molecule has 1 amide bonds. The Balaban J connectivity index is 1.03. The van der Waals surface area contributed by atoms with E-state index in [-0.39, 0.29) is 17.0 Å². The van der Waals surface area contributed by atoms with E-state index in [1.54, 1.807) is 11.3 Å². The molecule has 2 aliphatic rings. The first kappa shape index (κ1) is 18.5. The van der Waals surface area contributed by atoms with Gasteiger partial charge in [0.05, 0.1) is 16.6 Å². The topological polar surface area (TPSA) is 75.4 Å². The molecule has 30 heavy (non-hydrogen) atoms. The van der Waals surface area contributed by atoms with Gasteiger partial charge in [0.1, 0.15) is 4.83 Å². The number of carbonyl (C=O) groups is 1. The molecule has 154 valence electrons. The molecule has 1 saturated heterocycles. The Morgan fingerprint density at radius 3 is 3.00 bits per heavy atom. The molecular formula is C19H16ClFN6OS2. The van der Waals surface area contributed by atoms with Crippen LogP contribution in [-0.2, 0) is 0 Å².